The van der Waals surface area contributed by atoms with Crippen molar-refractivity contribution in [1.29, 1.82) is 0 Å². The van der Waals surface area contributed by atoms with Gasteiger partial charge in [0, 0.05) is 12.6 Å². The van der Waals surface area contributed by atoms with Gasteiger partial charge in [-0.15, -0.1) is 0 Å². The molecule has 0 atom stereocenters. The molecular weight excluding hydrogens is 213 g/mol. The van der Waals surface area contributed by atoms with Crippen molar-refractivity contribution in [3.8, 4) is 0 Å². The van der Waals surface area contributed by atoms with Crippen molar-refractivity contribution in [1.82, 2.24) is 5.06 Å². The van der Waals surface area contributed by atoms with Gasteiger partial charge in [0.25, 0.3) is 5.91 Å². The van der Waals surface area contributed by atoms with Crippen LogP contribution in [0, 0.1) is 5.82 Å². The molecular formula is C11H12FNO3. The first-order chi connectivity index (χ1) is 7.47. The summed E-state index contributed by atoms with van der Waals surface area (Å²) in [6, 6.07) is 3.71. The smallest absolute Gasteiger partial charge is 0.280 e. The lowest BCUT2D eigenvalue weighted by Crippen LogP contribution is -2.26. The summed E-state index contributed by atoms with van der Waals surface area (Å²) < 4.78 is 13.5. The van der Waals surface area contributed by atoms with Crippen molar-refractivity contribution >= 4 is 11.7 Å². The lowest BCUT2D eigenvalue weighted by molar-refractivity contribution is -0.0759. The standard InChI is InChI=1S/C11H12FNO3/c1-7(14)8-4-5-9(10(12)6-8)11(15)13(2)16-3/h4-6H,1-3H3. The number of hydroxylamine groups is 2. The molecule has 0 saturated carbocycles. The second-order valence-electron chi connectivity index (χ2n) is 3.24. The number of hydrogen-bond acceptors (Lipinski definition) is 3. The second-order valence-corrected chi connectivity index (χ2v) is 3.24. The van der Waals surface area contributed by atoms with Crippen LogP contribution in [0.4, 0.5) is 4.39 Å². The Balaban J connectivity index is 3.08. The Morgan fingerprint density at radius 1 is 1.38 bits per heavy atom. The van der Waals surface area contributed by atoms with Gasteiger partial charge >= 0.3 is 0 Å². The number of benzene rings is 1. The minimum Gasteiger partial charge on any atom is -0.295 e. The molecule has 0 heterocycles. The monoisotopic (exact) mass is 225 g/mol. The molecule has 1 rings (SSSR count). The van der Waals surface area contributed by atoms with E-state index in [-0.39, 0.29) is 16.9 Å². The molecule has 1 aromatic carbocycles. The van der Waals surface area contributed by atoms with E-state index in [1.807, 2.05) is 0 Å². The molecule has 0 fully saturated rings. The SMILES string of the molecule is CON(C)C(=O)c1ccc(C(C)=O)cc1F. The predicted octanol–water partition coefficient (Wildman–Crippen LogP) is 1.66. The van der Waals surface area contributed by atoms with Crippen LogP contribution in [0.3, 0.4) is 0 Å². The van der Waals surface area contributed by atoms with Gasteiger partial charge in [0.15, 0.2) is 5.78 Å². The molecule has 0 aromatic heterocycles. The molecule has 16 heavy (non-hydrogen) atoms. The summed E-state index contributed by atoms with van der Waals surface area (Å²) in [6.45, 7) is 1.33. The highest BCUT2D eigenvalue weighted by atomic mass is 19.1. The Morgan fingerprint density at radius 2 is 2.00 bits per heavy atom. The average Bonchev–Trinajstić information content (AvgIpc) is 2.26. The van der Waals surface area contributed by atoms with Crippen LogP contribution in [0.2, 0.25) is 0 Å². The summed E-state index contributed by atoms with van der Waals surface area (Å²) in [5, 5.41) is 0.909. The van der Waals surface area contributed by atoms with E-state index in [0.717, 1.165) is 11.1 Å². The highest BCUT2D eigenvalue weighted by Gasteiger charge is 2.17. The number of carbonyl (C=O) groups is 2. The number of nitrogens with zero attached hydrogens (tertiary/aromatic N) is 1. The van der Waals surface area contributed by atoms with E-state index in [4.69, 9.17) is 0 Å². The fourth-order valence-electron chi connectivity index (χ4n) is 1.16. The van der Waals surface area contributed by atoms with Gasteiger partial charge < -0.3 is 0 Å². The maximum absolute atomic E-state index is 13.5. The number of Topliss-reactive ketones (excluding diaryl/α,β-unsaturated/α-hetero) is 1. The first-order valence-corrected chi connectivity index (χ1v) is 4.60. The summed E-state index contributed by atoms with van der Waals surface area (Å²) in [5.74, 6) is -1.59. The first-order valence-electron chi connectivity index (χ1n) is 4.60. The average molecular weight is 225 g/mol. The van der Waals surface area contributed by atoms with Crippen LogP contribution >= 0.6 is 0 Å². The van der Waals surface area contributed by atoms with Gasteiger partial charge in [0.1, 0.15) is 5.82 Å². The Labute approximate surface area is 92.6 Å². The van der Waals surface area contributed by atoms with Crippen molar-refractivity contribution in [2.45, 2.75) is 6.92 Å². The molecule has 0 aliphatic rings. The van der Waals surface area contributed by atoms with Crippen LogP contribution in [-0.4, -0.2) is 30.9 Å². The Hall–Kier alpha value is -1.75. The third kappa shape index (κ3) is 2.43. The van der Waals surface area contributed by atoms with Gasteiger partial charge in [-0.05, 0) is 19.1 Å². The molecule has 0 aliphatic heterocycles. The van der Waals surface area contributed by atoms with Crippen molar-refractivity contribution in [3.63, 3.8) is 0 Å². The zero-order valence-corrected chi connectivity index (χ0v) is 9.28. The zero-order valence-electron chi connectivity index (χ0n) is 9.28. The van der Waals surface area contributed by atoms with Gasteiger partial charge in [0.05, 0.1) is 12.7 Å². The van der Waals surface area contributed by atoms with E-state index >= 15 is 0 Å². The molecule has 0 saturated heterocycles. The second kappa shape index (κ2) is 4.85. The van der Waals surface area contributed by atoms with E-state index < -0.39 is 11.7 Å². The molecule has 0 aliphatic carbocycles. The van der Waals surface area contributed by atoms with Crippen LogP contribution in [0.25, 0.3) is 0 Å². The van der Waals surface area contributed by atoms with Crippen LogP contribution < -0.4 is 0 Å². The summed E-state index contributed by atoms with van der Waals surface area (Å²) >= 11 is 0. The number of ketones is 1. The van der Waals surface area contributed by atoms with Gasteiger partial charge in [-0.25, -0.2) is 9.45 Å². The number of amides is 1. The van der Waals surface area contributed by atoms with Crippen LogP contribution in [-0.2, 0) is 4.84 Å². The van der Waals surface area contributed by atoms with E-state index in [0.29, 0.717) is 0 Å². The lowest BCUT2D eigenvalue weighted by Gasteiger charge is -2.14. The molecule has 5 heteroatoms. The van der Waals surface area contributed by atoms with Crippen molar-refractivity contribution in [3.05, 3.63) is 35.1 Å². The summed E-state index contributed by atoms with van der Waals surface area (Å²) in [4.78, 5) is 27.2. The minimum atomic E-state index is -0.735. The molecule has 0 bridgehead atoms. The van der Waals surface area contributed by atoms with E-state index in [1.54, 1.807) is 0 Å². The fraction of sp³-hybridized carbons (Fsp3) is 0.273. The minimum absolute atomic E-state index is 0.130. The Bertz CT molecular complexity index is 431. The predicted molar refractivity (Wildman–Crippen MR) is 55.5 cm³/mol. The maximum atomic E-state index is 13.5. The molecule has 1 amide bonds. The first kappa shape index (κ1) is 12.3. The van der Waals surface area contributed by atoms with Gasteiger partial charge in [-0.3, -0.25) is 14.4 Å². The van der Waals surface area contributed by atoms with Crippen LogP contribution in [0.1, 0.15) is 27.6 Å². The number of carbonyl (C=O) groups excluding carboxylic acids is 2. The number of hydrogen-bond donors (Lipinski definition) is 0. The van der Waals surface area contributed by atoms with Gasteiger partial charge in [-0.1, -0.05) is 6.07 Å². The fourth-order valence-corrected chi connectivity index (χ4v) is 1.16. The molecule has 0 radical (unpaired) electrons. The maximum Gasteiger partial charge on any atom is 0.280 e. The van der Waals surface area contributed by atoms with Crippen molar-refractivity contribution < 1.29 is 18.8 Å². The van der Waals surface area contributed by atoms with Gasteiger partial charge in [-0.2, -0.15) is 0 Å². The summed E-state index contributed by atoms with van der Waals surface area (Å²) in [5.41, 5.74) is 0.100. The summed E-state index contributed by atoms with van der Waals surface area (Å²) in [7, 11) is 2.68. The van der Waals surface area contributed by atoms with E-state index in [1.165, 1.54) is 33.2 Å². The van der Waals surface area contributed by atoms with Gasteiger partial charge in [0.2, 0.25) is 0 Å². The summed E-state index contributed by atoms with van der Waals surface area (Å²) in [6.07, 6.45) is 0. The largest absolute Gasteiger partial charge is 0.295 e. The zero-order chi connectivity index (χ0) is 12.3. The third-order valence-electron chi connectivity index (χ3n) is 2.17. The van der Waals surface area contributed by atoms with Crippen molar-refractivity contribution in [2.75, 3.05) is 14.2 Å². The Morgan fingerprint density at radius 3 is 2.44 bits per heavy atom. The van der Waals surface area contributed by atoms with Crippen molar-refractivity contribution in [2.24, 2.45) is 0 Å². The number of rotatable bonds is 3. The Kier molecular flexibility index (Phi) is 3.73. The molecule has 86 valence electrons. The van der Waals surface area contributed by atoms with Crippen LogP contribution in [0.15, 0.2) is 18.2 Å². The third-order valence-corrected chi connectivity index (χ3v) is 2.17. The molecule has 1 aromatic rings. The molecule has 0 unspecified atom stereocenters. The molecule has 0 N–H and O–H groups in total. The highest BCUT2D eigenvalue weighted by molar-refractivity contribution is 5.97. The van der Waals surface area contributed by atoms with Crippen LogP contribution in [0.5, 0.6) is 0 Å². The lowest BCUT2D eigenvalue weighted by atomic mass is 10.1. The topological polar surface area (TPSA) is 46.6 Å². The van der Waals surface area contributed by atoms with E-state index in [2.05, 4.69) is 4.84 Å². The quantitative estimate of drug-likeness (QED) is 0.580. The normalized spacial score (nSPS) is 10.0. The molecule has 4 nitrogen and oxygen atoms in total. The number of halogens is 1. The van der Waals surface area contributed by atoms with E-state index in [9.17, 15) is 14.0 Å². The highest BCUT2D eigenvalue weighted by Crippen LogP contribution is 2.13. The molecule has 0 spiro atoms.